The quantitative estimate of drug-likeness (QED) is 0.807. The van der Waals surface area contributed by atoms with E-state index in [1.165, 1.54) is 0 Å². The lowest BCUT2D eigenvalue weighted by Gasteiger charge is -2.12. The molecule has 0 bridgehead atoms. The summed E-state index contributed by atoms with van der Waals surface area (Å²) >= 11 is 0. The summed E-state index contributed by atoms with van der Waals surface area (Å²) in [5.41, 5.74) is 0. The standard InChI is InChI=1S/C10H16N4O/c1-3-6-14(2)10(15)9-11-8(12-13-9)7-4-5-7/h7H,3-6H2,1-2H3,(H,11,12,13). The van der Waals surface area contributed by atoms with E-state index >= 15 is 0 Å². The highest BCUT2D eigenvalue weighted by molar-refractivity contribution is 5.90. The Morgan fingerprint density at radius 3 is 2.93 bits per heavy atom. The molecule has 1 aliphatic rings. The Labute approximate surface area is 88.9 Å². The molecular formula is C10H16N4O. The lowest BCUT2D eigenvalue weighted by atomic mass is 10.4. The van der Waals surface area contributed by atoms with Crippen LogP contribution in [0.3, 0.4) is 0 Å². The van der Waals surface area contributed by atoms with Crippen molar-refractivity contribution in [2.24, 2.45) is 0 Å². The van der Waals surface area contributed by atoms with Gasteiger partial charge in [0.2, 0.25) is 5.82 Å². The number of rotatable bonds is 4. The molecule has 0 aromatic carbocycles. The molecule has 1 aliphatic carbocycles. The van der Waals surface area contributed by atoms with E-state index in [2.05, 4.69) is 15.2 Å². The van der Waals surface area contributed by atoms with Gasteiger partial charge in [-0.1, -0.05) is 6.92 Å². The zero-order chi connectivity index (χ0) is 10.8. The van der Waals surface area contributed by atoms with Gasteiger partial charge in [0, 0.05) is 19.5 Å². The predicted octanol–water partition coefficient (Wildman–Crippen LogP) is 1.16. The van der Waals surface area contributed by atoms with Crippen molar-refractivity contribution in [1.29, 1.82) is 0 Å². The van der Waals surface area contributed by atoms with Crippen LogP contribution in [0, 0.1) is 0 Å². The summed E-state index contributed by atoms with van der Waals surface area (Å²) < 4.78 is 0. The topological polar surface area (TPSA) is 61.9 Å². The van der Waals surface area contributed by atoms with Gasteiger partial charge in [0.15, 0.2) is 0 Å². The molecule has 1 aromatic heterocycles. The van der Waals surface area contributed by atoms with E-state index in [-0.39, 0.29) is 5.91 Å². The molecule has 1 fully saturated rings. The summed E-state index contributed by atoms with van der Waals surface area (Å²) in [7, 11) is 1.78. The first-order valence-electron chi connectivity index (χ1n) is 5.40. The van der Waals surface area contributed by atoms with Gasteiger partial charge in [-0.05, 0) is 19.3 Å². The van der Waals surface area contributed by atoms with E-state index in [1.807, 2.05) is 6.92 Å². The zero-order valence-electron chi connectivity index (χ0n) is 9.16. The summed E-state index contributed by atoms with van der Waals surface area (Å²) in [6.45, 7) is 2.78. The van der Waals surface area contributed by atoms with Gasteiger partial charge in [-0.25, -0.2) is 4.98 Å². The number of carbonyl (C=O) groups excluding carboxylic acids is 1. The molecule has 1 saturated carbocycles. The molecule has 0 radical (unpaired) electrons. The number of amides is 1. The molecule has 0 atom stereocenters. The zero-order valence-corrected chi connectivity index (χ0v) is 9.16. The third-order valence-electron chi connectivity index (χ3n) is 2.56. The number of aromatic amines is 1. The van der Waals surface area contributed by atoms with E-state index in [0.717, 1.165) is 31.6 Å². The van der Waals surface area contributed by atoms with Crippen LogP contribution in [-0.4, -0.2) is 39.6 Å². The van der Waals surface area contributed by atoms with Gasteiger partial charge < -0.3 is 4.90 Å². The van der Waals surface area contributed by atoms with Gasteiger partial charge in [0.05, 0.1) is 0 Å². The van der Waals surface area contributed by atoms with Gasteiger partial charge in [0.1, 0.15) is 5.82 Å². The minimum absolute atomic E-state index is 0.0972. The number of hydrogen-bond donors (Lipinski definition) is 1. The number of carbonyl (C=O) groups is 1. The maximum Gasteiger partial charge on any atom is 0.293 e. The Kier molecular flexibility index (Phi) is 2.70. The van der Waals surface area contributed by atoms with Gasteiger partial charge in [0.25, 0.3) is 5.91 Å². The van der Waals surface area contributed by atoms with Crippen molar-refractivity contribution in [3.05, 3.63) is 11.6 Å². The number of nitrogens with one attached hydrogen (secondary N) is 1. The van der Waals surface area contributed by atoms with Crippen molar-refractivity contribution in [1.82, 2.24) is 20.1 Å². The average molecular weight is 208 g/mol. The Hall–Kier alpha value is -1.39. The molecule has 15 heavy (non-hydrogen) atoms. The van der Waals surface area contributed by atoms with Crippen LogP contribution in [0.15, 0.2) is 0 Å². The van der Waals surface area contributed by atoms with Crippen LogP contribution >= 0.6 is 0 Å². The Balaban J connectivity index is 2.04. The van der Waals surface area contributed by atoms with Crippen molar-refractivity contribution in [3.63, 3.8) is 0 Å². The molecule has 5 heteroatoms. The molecule has 5 nitrogen and oxygen atoms in total. The molecule has 0 unspecified atom stereocenters. The summed E-state index contributed by atoms with van der Waals surface area (Å²) in [6.07, 6.45) is 3.27. The van der Waals surface area contributed by atoms with E-state index in [1.54, 1.807) is 11.9 Å². The van der Waals surface area contributed by atoms with Crippen molar-refractivity contribution in [3.8, 4) is 0 Å². The van der Waals surface area contributed by atoms with E-state index < -0.39 is 0 Å². The minimum Gasteiger partial charge on any atom is -0.339 e. The summed E-state index contributed by atoms with van der Waals surface area (Å²) in [5.74, 6) is 1.58. The minimum atomic E-state index is -0.0972. The number of H-pyrrole nitrogens is 1. The van der Waals surface area contributed by atoms with E-state index in [0.29, 0.717) is 11.7 Å². The normalized spacial score (nSPS) is 15.3. The lowest BCUT2D eigenvalue weighted by molar-refractivity contribution is 0.0783. The van der Waals surface area contributed by atoms with Crippen LogP contribution in [0.25, 0.3) is 0 Å². The summed E-state index contributed by atoms with van der Waals surface area (Å²) in [4.78, 5) is 17.6. The fraction of sp³-hybridized carbons (Fsp3) is 0.700. The molecule has 1 amide bonds. The number of aromatic nitrogens is 3. The molecule has 0 spiro atoms. The van der Waals surface area contributed by atoms with Crippen LogP contribution in [-0.2, 0) is 0 Å². The highest BCUT2D eigenvalue weighted by atomic mass is 16.2. The van der Waals surface area contributed by atoms with Crippen molar-refractivity contribution in [2.75, 3.05) is 13.6 Å². The first-order chi connectivity index (χ1) is 7.22. The predicted molar refractivity (Wildman–Crippen MR) is 55.6 cm³/mol. The molecule has 1 aromatic rings. The van der Waals surface area contributed by atoms with Gasteiger partial charge in [-0.15, -0.1) is 5.10 Å². The third kappa shape index (κ3) is 2.16. The smallest absolute Gasteiger partial charge is 0.293 e. The summed E-state index contributed by atoms with van der Waals surface area (Å²) in [6, 6.07) is 0. The van der Waals surface area contributed by atoms with Crippen LogP contribution in [0.2, 0.25) is 0 Å². The molecule has 1 heterocycles. The molecule has 82 valence electrons. The highest BCUT2D eigenvalue weighted by Gasteiger charge is 2.28. The molecule has 0 saturated heterocycles. The van der Waals surface area contributed by atoms with Crippen LogP contribution in [0.5, 0.6) is 0 Å². The van der Waals surface area contributed by atoms with Gasteiger partial charge in [-0.2, -0.15) is 0 Å². The highest BCUT2D eigenvalue weighted by Crippen LogP contribution is 2.37. The first kappa shape index (κ1) is 10.1. The second-order valence-corrected chi connectivity index (χ2v) is 4.05. The second kappa shape index (κ2) is 4.00. The van der Waals surface area contributed by atoms with Crippen molar-refractivity contribution >= 4 is 5.91 Å². The lowest BCUT2D eigenvalue weighted by Crippen LogP contribution is -2.28. The Morgan fingerprint density at radius 2 is 2.33 bits per heavy atom. The second-order valence-electron chi connectivity index (χ2n) is 4.05. The first-order valence-corrected chi connectivity index (χ1v) is 5.40. The molecular weight excluding hydrogens is 192 g/mol. The maximum absolute atomic E-state index is 11.8. The fourth-order valence-corrected chi connectivity index (χ4v) is 1.52. The average Bonchev–Trinajstić information content (AvgIpc) is 2.96. The number of nitrogens with zero attached hydrogens (tertiary/aromatic N) is 3. The third-order valence-corrected chi connectivity index (χ3v) is 2.56. The van der Waals surface area contributed by atoms with E-state index in [9.17, 15) is 4.79 Å². The van der Waals surface area contributed by atoms with Crippen LogP contribution < -0.4 is 0 Å². The van der Waals surface area contributed by atoms with Crippen LogP contribution in [0.4, 0.5) is 0 Å². The SMILES string of the molecule is CCCN(C)C(=O)c1n[nH]c(C2CC2)n1. The molecule has 2 rings (SSSR count). The Morgan fingerprint density at radius 1 is 1.60 bits per heavy atom. The monoisotopic (exact) mass is 208 g/mol. The van der Waals surface area contributed by atoms with Crippen molar-refractivity contribution in [2.45, 2.75) is 32.1 Å². The van der Waals surface area contributed by atoms with Gasteiger partial charge in [-0.3, -0.25) is 9.89 Å². The maximum atomic E-state index is 11.8. The fourth-order valence-electron chi connectivity index (χ4n) is 1.52. The van der Waals surface area contributed by atoms with Crippen molar-refractivity contribution < 1.29 is 4.79 Å². The Bertz CT molecular complexity index is 356. The molecule has 1 N–H and O–H groups in total. The van der Waals surface area contributed by atoms with Gasteiger partial charge >= 0.3 is 0 Å². The van der Waals surface area contributed by atoms with E-state index in [4.69, 9.17) is 0 Å². The number of hydrogen-bond acceptors (Lipinski definition) is 3. The largest absolute Gasteiger partial charge is 0.339 e. The van der Waals surface area contributed by atoms with Crippen LogP contribution in [0.1, 0.15) is 48.5 Å². The summed E-state index contributed by atoms with van der Waals surface area (Å²) in [5, 5.41) is 6.79. The molecule has 0 aliphatic heterocycles.